The van der Waals surface area contributed by atoms with Gasteiger partial charge in [0.05, 0.1) is 17.8 Å². The number of Topliss-reactive ketones (excluding diaryl/α,β-unsaturated/α-hetero) is 1. The Labute approximate surface area is 163 Å². The molecule has 1 heterocycles. The maximum Gasteiger partial charge on any atom is 0.331 e. The molecular formula is C23H21NO4. The molecule has 0 N–H and O–H groups in total. The monoisotopic (exact) mass is 375 g/mol. The van der Waals surface area contributed by atoms with Crippen LogP contribution in [-0.4, -0.2) is 23.3 Å². The van der Waals surface area contributed by atoms with Gasteiger partial charge in [0.25, 0.3) is 0 Å². The van der Waals surface area contributed by atoms with Gasteiger partial charge in [0, 0.05) is 22.6 Å². The lowest BCUT2D eigenvalue weighted by atomic mass is 10.1. The number of hydrogen-bond donors (Lipinski definition) is 0. The summed E-state index contributed by atoms with van der Waals surface area (Å²) in [6.45, 7) is 3.86. The number of nitrogens with zero attached hydrogens (tertiary/aromatic N) is 1. The van der Waals surface area contributed by atoms with E-state index in [1.165, 1.54) is 13.0 Å². The number of rotatable bonds is 7. The molecule has 0 aliphatic heterocycles. The average Bonchev–Trinajstić information content (AvgIpc) is 2.71. The first-order valence-corrected chi connectivity index (χ1v) is 9.04. The zero-order valence-corrected chi connectivity index (χ0v) is 15.8. The normalized spacial score (nSPS) is 10.9. The van der Waals surface area contributed by atoms with E-state index in [2.05, 4.69) is 4.98 Å². The average molecular weight is 375 g/mol. The first-order chi connectivity index (χ1) is 13.6. The van der Waals surface area contributed by atoms with Gasteiger partial charge in [-0.15, -0.1) is 0 Å². The summed E-state index contributed by atoms with van der Waals surface area (Å²) in [6, 6.07) is 16.7. The van der Waals surface area contributed by atoms with Crippen LogP contribution < -0.4 is 4.74 Å². The van der Waals surface area contributed by atoms with E-state index in [-0.39, 0.29) is 12.4 Å². The Morgan fingerprint density at radius 1 is 1.07 bits per heavy atom. The van der Waals surface area contributed by atoms with E-state index < -0.39 is 5.97 Å². The van der Waals surface area contributed by atoms with Gasteiger partial charge in [-0.3, -0.25) is 4.79 Å². The van der Waals surface area contributed by atoms with E-state index in [0.29, 0.717) is 29.2 Å². The van der Waals surface area contributed by atoms with Gasteiger partial charge >= 0.3 is 5.97 Å². The van der Waals surface area contributed by atoms with Crippen molar-refractivity contribution in [2.24, 2.45) is 0 Å². The Balaban J connectivity index is 1.68. The second-order valence-corrected chi connectivity index (χ2v) is 6.18. The van der Waals surface area contributed by atoms with Gasteiger partial charge in [-0.1, -0.05) is 24.3 Å². The zero-order chi connectivity index (χ0) is 19.9. The summed E-state index contributed by atoms with van der Waals surface area (Å²) in [5.74, 6) is 0.0454. The third-order valence-corrected chi connectivity index (χ3v) is 4.15. The summed E-state index contributed by atoms with van der Waals surface area (Å²) in [5, 5.41) is 1.04. The number of para-hydroxylation sites is 1. The molecule has 3 rings (SSSR count). The molecule has 0 spiro atoms. The Morgan fingerprint density at radius 2 is 1.89 bits per heavy atom. The molecule has 5 nitrogen and oxygen atoms in total. The van der Waals surface area contributed by atoms with Crippen molar-refractivity contribution in [1.29, 1.82) is 0 Å². The molecule has 0 radical (unpaired) electrons. The quantitative estimate of drug-likeness (QED) is 0.343. The predicted molar refractivity (Wildman–Crippen MR) is 108 cm³/mol. The molecule has 1 aromatic heterocycles. The van der Waals surface area contributed by atoms with Gasteiger partial charge in [0.15, 0.2) is 5.78 Å². The Kier molecular flexibility index (Phi) is 6.17. The standard InChI is InChI=1S/C23H21NO4/c1-3-27-22-12-9-18(16(2)25)14-19(22)15-28-23(26)13-11-20-10-8-17-6-4-5-7-21(17)24-20/h4-14H,3,15H2,1-2H3/b13-11+. The molecule has 0 atom stereocenters. The Morgan fingerprint density at radius 3 is 2.68 bits per heavy atom. The molecule has 0 saturated carbocycles. The van der Waals surface area contributed by atoms with E-state index in [0.717, 1.165) is 10.9 Å². The number of pyridine rings is 1. The van der Waals surface area contributed by atoms with Crippen molar-refractivity contribution < 1.29 is 19.1 Å². The van der Waals surface area contributed by atoms with E-state index >= 15 is 0 Å². The lowest BCUT2D eigenvalue weighted by molar-refractivity contribution is -0.138. The number of hydrogen-bond acceptors (Lipinski definition) is 5. The first-order valence-electron chi connectivity index (χ1n) is 9.04. The molecule has 2 aromatic carbocycles. The molecule has 0 unspecified atom stereocenters. The molecule has 0 bridgehead atoms. The largest absolute Gasteiger partial charge is 0.493 e. The highest BCUT2D eigenvalue weighted by Gasteiger charge is 2.10. The smallest absolute Gasteiger partial charge is 0.331 e. The number of carbonyl (C=O) groups is 2. The van der Waals surface area contributed by atoms with Crippen molar-refractivity contribution in [3.63, 3.8) is 0 Å². The lowest BCUT2D eigenvalue weighted by Crippen LogP contribution is -2.05. The number of ketones is 1. The van der Waals surface area contributed by atoms with E-state index in [1.807, 2.05) is 43.3 Å². The minimum atomic E-state index is -0.495. The zero-order valence-electron chi connectivity index (χ0n) is 15.8. The van der Waals surface area contributed by atoms with Crippen molar-refractivity contribution in [3.8, 4) is 5.75 Å². The molecule has 0 saturated heterocycles. The lowest BCUT2D eigenvalue weighted by Gasteiger charge is -2.11. The number of ether oxygens (including phenoxy) is 2. The summed E-state index contributed by atoms with van der Waals surface area (Å²) < 4.78 is 10.9. The number of benzene rings is 2. The maximum absolute atomic E-state index is 12.1. The molecular weight excluding hydrogens is 354 g/mol. The van der Waals surface area contributed by atoms with Crippen LogP contribution in [0.4, 0.5) is 0 Å². The highest BCUT2D eigenvalue weighted by Crippen LogP contribution is 2.22. The molecule has 0 aliphatic rings. The molecule has 5 heteroatoms. The topological polar surface area (TPSA) is 65.5 Å². The van der Waals surface area contributed by atoms with Crippen LogP contribution in [0.3, 0.4) is 0 Å². The third kappa shape index (κ3) is 4.82. The molecule has 3 aromatic rings. The second kappa shape index (κ2) is 8.95. The number of esters is 1. The van der Waals surface area contributed by atoms with Crippen molar-refractivity contribution in [2.75, 3.05) is 6.61 Å². The molecule has 0 amide bonds. The van der Waals surface area contributed by atoms with Crippen molar-refractivity contribution >= 4 is 28.7 Å². The maximum atomic E-state index is 12.1. The minimum absolute atomic E-state index is 0.0186. The van der Waals surface area contributed by atoms with Crippen molar-refractivity contribution in [3.05, 3.63) is 77.5 Å². The molecule has 142 valence electrons. The van der Waals surface area contributed by atoms with Crippen molar-refractivity contribution in [2.45, 2.75) is 20.5 Å². The van der Waals surface area contributed by atoms with Crippen LogP contribution in [0.15, 0.2) is 60.7 Å². The summed E-state index contributed by atoms with van der Waals surface area (Å²) in [7, 11) is 0. The number of carbonyl (C=O) groups excluding carboxylic acids is 2. The van der Waals surface area contributed by atoms with Crippen LogP contribution in [0.2, 0.25) is 0 Å². The Bertz CT molecular complexity index is 1040. The Hall–Kier alpha value is -3.47. The second-order valence-electron chi connectivity index (χ2n) is 6.18. The first kappa shape index (κ1) is 19.3. The van der Waals surface area contributed by atoms with Gasteiger partial charge in [-0.25, -0.2) is 9.78 Å². The highest BCUT2D eigenvalue weighted by molar-refractivity contribution is 5.94. The van der Waals surface area contributed by atoms with Gasteiger partial charge in [-0.2, -0.15) is 0 Å². The fraction of sp³-hybridized carbons (Fsp3) is 0.174. The van der Waals surface area contributed by atoms with Gasteiger partial charge < -0.3 is 9.47 Å². The SMILES string of the molecule is CCOc1ccc(C(C)=O)cc1COC(=O)/C=C/c1ccc2ccccc2n1. The van der Waals surface area contributed by atoms with E-state index in [9.17, 15) is 9.59 Å². The molecule has 0 fully saturated rings. The minimum Gasteiger partial charge on any atom is -0.493 e. The van der Waals surface area contributed by atoms with Crippen LogP contribution >= 0.6 is 0 Å². The van der Waals surface area contributed by atoms with Crippen LogP contribution in [-0.2, 0) is 16.1 Å². The van der Waals surface area contributed by atoms with Crippen LogP contribution in [0.1, 0.15) is 35.5 Å². The molecule has 28 heavy (non-hydrogen) atoms. The molecule has 0 aliphatic carbocycles. The van der Waals surface area contributed by atoms with Crippen molar-refractivity contribution in [1.82, 2.24) is 4.98 Å². The van der Waals surface area contributed by atoms with Crippen LogP contribution in [0.5, 0.6) is 5.75 Å². The summed E-state index contributed by atoms with van der Waals surface area (Å²) in [6.07, 6.45) is 2.95. The van der Waals surface area contributed by atoms with E-state index in [1.54, 1.807) is 24.3 Å². The summed E-state index contributed by atoms with van der Waals surface area (Å²) in [5.41, 5.74) is 2.73. The van der Waals surface area contributed by atoms with Gasteiger partial charge in [-0.05, 0) is 50.3 Å². The van der Waals surface area contributed by atoms with Crippen LogP contribution in [0, 0.1) is 0 Å². The van der Waals surface area contributed by atoms with Crippen LogP contribution in [0.25, 0.3) is 17.0 Å². The fourth-order valence-corrected chi connectivity index (χ4v) is 2.73. The number of fused-ring (bicyclic) bond motifs is 1. The van der Waals surface area contributed by atoms with E-state index in [4.69, 9.17) is 9.47 Å². The third-order valence-electron chi connectivity index (χ3n) is 4.15. The summed E-state index contributed by atoms with van der Waals surface area (Å²) in [4.78, 5) is 28.2. The van der Waals surface area contributed by atoms with Gasteiger partial charge in [0.1, 0.15) is 12.4 Å². The summed E-state index contributed by atoms with van der Waals surface area (Å²) >= 11 is 0. The predicted octanol–water partition coefficient (Wildman–Crippen LogP) is 4.59. The number of aromatic nitrogens is 1. The van der Waals surface area contributed by atoms with Gasteiger partial charge in [0.2, 0.25) is 0 Å². The fourth-order valence-electron chi connectivity index (χ4n) is 2.73. The highest BCUT2D eigenvalue weighted by atomic mass is 16.5.